The second kappa shape index (κ2) is 6.55. The maximum atomic E-state index is 11.8. The first-order chi connectivity index (χ1) is 9.58. The number of nitrogens with zero attached hydrogens (tertiary/aromatic N) is 1. The monoisotopic (exact) mass is 275 g/mol. The molecule has 1 aromatic rings. The van der Waals surface area contributed by atoms with Crippen molar-refractivity contribution < 1.29 is 14.7 Å². The van der Waals surface area contributed by atoms with Gasteiger partial charge < -0.3 is 10.0 Å². The van der Waals surface area contributed by atoms with E-state index in [9.17, 15) is 9.59 Å². The van der Waals surface area contributed by atoms with Crippen molar-refractivity contribution in [2.24, 2.45) is 5.92 Å². The third-order valence-electron chi connectivity index (χ3n) is 4.05. The van der Waals surface area contributed by atoms with E-state index < -0.39 is 11.9 Å². The lowest BCUT2D eigenvalue weighted by Gasteiger charge is -2.31. The third kappa shape index (κ3) is 3.59. The second-order valence-corrected chi connectivity index (χ2v) is 5.51. The van der Waals surface area contributed by atoms with Gasteiger partial charge in [0, 0.05) is 19.5 Å². The highest BCUT2D eigenvalue weighted by Crippen LogP contribution is 2.22. The summed E-state index contributed by atoms with van der Waals surface area (Å²) in [6.07, 6.45) is 1.69. The molecule has 20 heavy (non-hydrogen) atoms. The fourth-order valence-electron chi connectivity index (χ4n) is 2.63. The number of aliphatic carboxylic acids is 1. The van der Waals surface area contributed by atoms with Crippen molar-refractivity contribution in [2.45, 2.75) is 32.1 Å². The number of amides is 1. The molecule has 1 amide bonds. The molecule has 4 nitrogen and oxygen atoms in total. The molecule has 1 heterocycles. The molecule has 2 rings (SSSR count). The molecule has 2 atom stereocenters. The Bertz CT molecular complexity index is 472. The predicted molar refractivity (Wildman–Crippen MR) is 76.4 cm³/mol. The van der Waals surface area contributed by atoms with E-state index in [2.05, 4.69) is 19.1 Å². The van der Waals surface area contributed by atoms with Crippen LogP contribution >= 0.6 is 0 Å². The summed E-state index contributed by atoms with van der Waals surface area (Å²) < 4.78 is 0. The molecule has 1 aliphatic heterocycles. The highest BCUT2D eigenvalue weighted by atomic mass is 16.4. The van der Waals surface area contributed by atoms with Crippen molar-refractivity contribution in [1.29, 1.82) is 0 Å². The number of carboxylic acid groups (broad SMARTS) is 1. The fourth-order valence-corrected chi connectivity index (χ4v) is 2.63. The number of piperidine rings is 1. The van der Waals surface area contributed by atoms with Gasteiger partial charge in [-0.1, -0.05) is 37.3 Å². The molecule has 0 bridgehead atoms. The van der Waals surface area contributed by atoms with Crippen molar-refractivity contribution in [2.75, 3.05) is 13.1 Å². The van der Waals surface area contributed by atoms with Crippen LogP contribution in [0.4, 0.5) is 0 Å². The zero-order valence-electron chi connectivity index (χ0n) is 11.8. The Morgan fingerprint density at radius 3 is 2.75 bits per heavy atom. The summed E-state index contributed by atoms with van der Waals surface area (Å²) in [4.78, 5) is 24.6. The Labute approximate surface area is 119 Å². The number of rotatable bonds is 5. The van der Waals surface area contributed by atoms with E-state index in [-0.39, 0.29) is 5.91 Å². The molecule has 1 N–H and O–H groups in total. The summed E-state index contributed by atoms with van der Waals surface area (Å²) in [7, 11) is 0. The van der Waals surface area contributed by atoms with Crippen LogP contribution in [0.5, 0.6) is 0 Å². The number of carbonyl (C=O) groups is 2. The zero-order valence-corrected chi connectivity index (χ0v) is 11.8. The highest BCUT2D eigenvalue weighted by molar-refractivity contribution is 5.80. The second-order valence-electron chi connectivity index (χ2n) is 5.51. The molecular formula is C16H21NO3. The molecule has 108 valence electrons. The average molecular weight is 275 g/mol. The van der Waals surface area contributed by atoms with E-state index in [4.69, 9.17) is 5.11 Å². The molecule has 0 aromatic heterocycles. The Morgan fingerprint density at radius 2 is 2.10 bits per heavy atom. The van der Waals surface area contributed by atoms with Crippen LogP contribution in [0.25, 0.3) is 0 Å². The smallest absolute Gasteiger partial charge is 0.308 e. The molecule has 1 fully saturated rings. The topological polar surface area (TPSA) is 57.6 Å². The van der Waals surface area contributed by atoms with Crippen molar-refractivity contribution in [3.05, 3.63) is 35.9 Å². The molecule has 1 saturated heterocycles. The summed E-state index contributed by atoms with van der Waals surface area (Å²) in [6.45, 7) is 3.13. The molecule has 1 aliphatic rings. The summed E-state index contributed by atoms with van der Waals surface area (Å²) >= 11 is 0. The van der Waals surface area contributed by atoms with Gasteiger partial charge in [-0.25, -0.2) is 0 Å². The van der Waals surface area contributed by atoms with E-state index in [1.165, 1.54) is 5.56 Å². The molecule has 2 unspecified atom stereocenters. The standard InChI is InChI=1S/C16H21NO3/c1-12(13-5-3-2-4-6-13)9-10-17-11-14(16(19)20)7-8-15(17)18/h2-6,12,14H,7-11H2,1H3,(H,19,20). The number of carboxylic acids is 1. The fraction of sp³-hybridized carbons (Fsp3) is 0.500. The lowest BCUT2D eigenvalue weighted by molar-refractivity contribution is -0.147. The number of hydrogen-bond donors (Lipinski definition) is 1. The van der Waals surface area contributed by atoms with Crippen LogP contribution in [0, 0.1) is 5.92 Å². The summed E-state index contributed by atoms with van der Waals surface area (Å²) in [5, 5.41) is 9.06. The first-order valence-corrected chi connectivity index (χ1v) is 7.13. The summed E-state index contributed by atoms with van der Waals surface area (Å²) in [6, 6.07) is 10.2. The van der Waals surface area contributed by atoms with Crippen LogP contribution in [0.3, 0.4) is 0 Å². The molecule has 0 aliphatic carbocycles. The van der Waals surface area contributed by atoms with E-state index in [0.717, 1.165) is 6.42 Å². The van der Waals surface area contributed by atoms with Crippen LogP contribution in [0.1, 0.15) is 37.7 Å². The maximum absolute atomic E-state index is 11.8. The molecule has 0 saturated carbocycles. The van der Waals surface area contributed by atoms with Crippen LogP contribution in [0.2, 0.25) is 0 Å². The van der Waals surface area contributed by atoms with Crippen LogP contribution in [-0.2, 0) is 9.59 Å². The highest BCUT2D eigenvalue weighted by Gasteiger charge is 2.29. The van der Waals surface area contributed by atoms with Gasteiger partial charge in [-0.05, 0) is 24.3 Å². The molecular weight excluding hydrogens is 254 g/mol. The minimum absolute atomic E-state index is 0.0859. The zero-order chi connectivity index (χ0) is 14.5. The Hall–Kier alpha value is -1.84. The quantitative estimate of drug-likeness (QED) is 0.898. The summed E-state index contributed by atoms with van der Waals surface area (Å²) in [5.41, 5.74) is 1.26. The van der Waals surface area contributed by atoms with Gasteiger partial charge >= 0.3 is 5.97 Å². The number of likely N-dealkylation sites (tertiary alicyclic amines) is 1. The van der Waals surface area contributed by atoms with Gasteiger partial charge in [0.25, 0.3) is 0 Å². The van der Waals surface area contributed by atoms with Crippen molar-refractivity contribution in [3.63, 3.8) is 0 Å². The first-order valence-electron chi connectivity index (χ1n) is 7.13. The number of benzene rings is 1. The van der Waals surface area contributed by atoms with Gasteiger partial charge in [-0.2, -0.15) is 0 Å². The first kappa shape index (κ1) is 14.6. The minimum atomic E-state index is -0.793. The van der Waals surface area contributed by atoms with E-state index in [1.54, 1.807) is 4.90 Å². The largest absolute Gasteiger partial charge is 0.481 e. The van der Waals surface area contributed by atoms with E-state index in [1.807, 2.05) is 18.2 Å². The van der Waals surface area contributed by atoms with E-state index >= 15 is 0 Å². The molecule has 0 radical (unpaired) electrons. The van der Waals surface area contributed by atoms with Gasteiger partial charge in [-0.3, -0.25) is 9.59 Å². The van der Waals surface area contributed by atoms with Crippen LogP contribution in [-0.4, -0.2) is 35.0 Å². The molecule has 0 spiro atoms. The normalized spacial score (nSPS) is 20.8. The maximum Gasteiger partial charge on any atom is 0.308 e. The van der Waals surface area contributed by atoms with Gasteiger partial charge in [0.1, 0.15) is 0 Å². The lowest BCUT2D eigenvalue weighted by Crippen LogP contribution is -2.43. The molecule has 4 heteroatoms. The Kier molecular flexibility index (Phi) is 4.77. The molecule has 1 aromatic carbocycles. The Morgan fingerprint density at radius 1 is 1.40 bits per heavy atom. The van der Waals surface area contributed by atoms with Crippen molar-refractivity contribution in [3.8, 4) is 0 Å². The SMILES string of the molecule is CC(CCN1CC(C(=O)O)CCC1=O)c1ccccc1. The van der Waals surface area contributed by atoms with Crippen molar-refractivity contribution in [1.82, 2.24) is 4.90 Å². The number of hydrogen-bond acceptors (Lipinski definition) is 2. The van der Waals surface area contributed by atoms with Gasteiger partial charge in [0.2, 0.25) is 5.91 Å². The van der Waals surface area contributed by atoms with Gasteiger partial charge in [0.15, 0.2) is 0 Å². The lowest BCUT2D eigenvalue weighted by atomic mass is 9.95. The Balaban J connectivity index is 1.89. The van der Waals surface area contributed by atoms with E-state index in [0.29, 0.717) is 31.8 Å². The van der Waals surface area contributed by atoms with Crippen LogP contribution < -0.4 is 0 Å². The van der Waals surface area contributed by atoms with Crippen molar-refractivity contribution >= 4 is 11.9 Å². The van der Waals surface area contributed by atoms with Gasteiger partial charge in [0.05, 0.1) is 5.92 Å². The van der Waals surface area contributed by atoms with Gasteiger partial charge in [-0.15, -0.1) is 0 Å². The average Bonchev–Trinajstić information content (AvgIpc) is 2.46. The summed E-state index contributed by atoms with van der Waals surface area (Å²) in [5.74, 6) is -0.740. The predicted octanol–water partition coefficient (Wildman–Crippen LogP) is 2.50. The van der Waals surface area contributed by atoms with Crippen LogP contribution in [0.15, 0.2) is 30.3 Å². The minimum Gasteiger partial charge on any atom is -0.481 e. The third-order valence-corrected chi connectivity index (χ3v) is 4.05. The number of carbonyl (C=O) groups excluding carboxylic acids is 1.